The number of carbonyl (C=O) groups is 1. The van der Waals surface area contributed by atoms with Gasteiger partial charge in [0.1, 0.15) is 0 Å². The molecule has 142 valence electrons. The van der Waals surface area contributed by atoms with Crippen LogP contribution in [0.2, 0.25) is 5.02 Å². The van der Waals surface area contributed by atoms with E-state index in [0.717, 1.165) is 12.8 Å². The molecule has 2 rings (SSSR count). The number of rotatable bonds is 8. The Morgan fingerprint density at radius 3 is 2.73 bits per heavy atom. The van der Waals surface area contributed by atoms with E-state index in [-0.39, 0.29) is 29.2 Å². The molecule has 7 heteroatoms. The van der Waals surface area contributed by atoms with Crippen LogP contribution in [0.3, 0.4) is 0 Å². The molecule has 5 nitrogen and oxygen atoms in total. The fourth-order valence-electron chi connectivity index (χ4n) is 2.76. The quantitative estimate of drug-likeness (QED) is 0.539. The third-order valence-corrected chi connectivity index (χ3v) is 5.10. The molecular formula is C19H26ClN3O2S. The molecule has 0 aliphatic carbocycles. The Balaban J connectivity index is 2.29. The molecular weight excluding hydrogens is 370 g/mol. The van der Waals surface area contributed by atoms with Crippen molar-refractivity contribution in [2.24, 2.45) is 5.92 Å². The van der Waals surface area contributed by atoms with Crippen molar-refractivity contribution in [2.75, 3.05) is 5.75 Å². The highest BCUT2D eigenvalue weighted by atomic mass is 35.5. The number of benzene rings is 1. The highest BCUT2D eigenvalue weighted by molar-refractivity contribution is 7.99. The zero-order valence-electron chi connectivity index (χ0n) is 15.7. The summed E-state index contributed by atoms with van der Waals surface area (Å²) in [6.45, 7) is 8.74. The molecule has 0 saturated heterocycles. The third kappa shape index (κ3) is 5.48. The number of fused-ring (bicyclic) bond motifs is 1. The normalized spacial score (nSPS) is 12.5. The molecule has 1 atom stereocenters. The second-order valence-electron chi connectivity index (χ2n) is 6.91. The Hall–Kier alpha value is -1.53. The summed E-state index contributed by atoms with van der Waals surface area (Å²) in [5, 5.41) is 4.61. The van der Waals surface area contributed by atoms with Gasteiger partial charge in [-0.2, -0.15) is 0 Å². The molecule has 1 amide bonds. The van der Waals surface area contributed by atoms with Gasteiger partial charge in [0.15, 0.2) is 5.16 Å². The molecule has 2 aromatic rings. The van der Waals surface area contributed by atoms with Crippen molar-refractivity contribution in [3.8, 4) is 0 Å². The summed E-state index contributed by atoms with van der Waals surface area (Å²) in [5.41, 5.74) is 0.465. The summed E-state index contributed by atoms with van der Waals surface area (Å²) < 4.78 is 1.66. The summed E-state index contributed by atoms with van der Waals surface area (Å²) in [4.78, 5) is 29.6. The maximum Gasteiger partial charge on any atom is 0.262 e. The lowest BCUT2D eigenvalue weighted by Gasteiger charge is -2.16. The first-order valence-corrected chi connectivity index (χ1v) is 10.3. The lowest BCUT2D eigenvalue weighted by Crippen LogP contribution is -2.34. The Bertz CT molecular complexity index is 835. The van der Waals surface area contributed by atoms with Crippen molar-refractivity contribution < 1.29 is 4.79 Å². The average molecular weight is 396 g/mol. The van der Waals surface area contributed by atoms with Gasteiger partial charge in [-0.25, -0.2) is 4.98 Å². The van der Waals surface area contributed by atoms with Gasteiger partial charge in [0, 0.05) is 17.6 Å². The summed E-state index contributed by atoms with van der Waals surface area (Å²) in [6, 6.07) is 5.24. The number of amides is 1. The second-order valence-corrected chi connectivity index (χ2v) is 8.29. The van der Waals surface area contributed by atoms with Crippen molar-refractivity contribution >= 4 is 40.2 Å². The topological polar surface area (TPSA) is 64.0 Å². The number of nitrogens with zero attached hydrogens (tertiary/aromatic N) is 2. The maximum atomic E-state index is 12.9. The molecule has 1 heterocycles. The van der Waals surface area contributed by atoms with Gasteiger partial charge in [-0.05, 0) is 37.5 Å². The van der Waals surface area contributed by atoms with Gasteiger partial charge >= 0.3 is 0 Å². The number of halogens is 1. The van der Waals surface area contributed by atoms with Crippen LogP contribution in [0.4, 0.5) is 0 Å². The van der Waals surface area contributed by atoms with E-state index in [0.29, 0.717) is 27.6 Å². The van der Waals surface area contributed by atoms with Crippen LogP contribution in [-0.4, -0.2) is 27.3 Å². The van der Waals surface area contributed by atoms with Crippen LogP contribution in [0.15, 0.2) is 28.2 Å². The van der Waals surface area contributed by atoms with Gasteiger partial charge in [0.25, 0.3) is 5.56 Å². The monoisotopic (exact) mass is 395 g/mol. The fourth-order valence-corrected chi connectivity index (χ4v) is 3.75. The smallest absolute Gasteiger partial charge is 0.262 e. The first-order valence-electron chi connectivity index (χ1n) is 8.94. The fraction of sp³-hybridized carbons (Fsp3) is 0.526. The van der Waals surface area contributed by atoms with Crippen LogP contribution in [0, 0.1) is 5.92 Å². The maximum absolute atomic E-state index is 12.9. The molecule has 0 fully saturated rings. The Morgan fingerprint density at radius 2 is 2.08 bits per heavy atom. The molecule has 0 aliphatic heterocycles. The molecule has 1 N–H and O–H groups in total. The molecule has 0 aliphatic rings. The Kier molecular flexibility index (Phi) is 7.53. The second kappa shape index (κ2) is 9.42. The number of nitrogens with one attached hydrogen (secondary N) is 1. The molecule has 1 aromatic heterocycles. The number of hydrogen-bond donors (Lipinski definition) is 1. The molecule has 1 aromatic carbocycles. The molecule has 0 saturated carbocycles. The first kappa shape index (κ1) is 20.8. The Morgan fingerprint density at radius 1 is 1.35 bits per heavy atom. The molecule has 0 radical (unpaired) electrons. The highest BCUT2D eigenvalue weighted by Gasteiger charge is 2.15. The van der Waals surface area contributed by atoms with Crippen LogP contribution in [0.25, 0.3) is 10.9 Å². The van der Waals surface area contributed by atoms with Gasteiger partial charge in [0.2, 0.25) is 5.91 Å². The minimum absolute atomic E-state index is 0.0486. The minimum Gasteiger partial charge on any atom is -0.353 e. The third-order valence-electron chi connectivity index (χ3n) is 3.89. The molecule has 0 unspecified atom stereocenters. The van der Waals surface area contributed by atoms with Crippen LogP contribution >= 0.6 is 23.4 Å². The van der Waals surface area contributed by atoms with E-state index in [2.05, 4.69) is 17.2 Å². The van der Waals surface area contributed by atoms with Crippen molar-refractivity contribution in [1.29, 1.82) is 0 Å². The molecule has 26 heavy (non-hydrogen) atoms. The van der Waals surface area contributed by atoms with E-state index in [4.69, 9.17) is 11.6 Å². The Labute approximate surface area is 163 Å². The van der Waals surface area contributed by atoms with E-state index < -0.39 is 0 Å². The predicted octanol–water partition coefficient (Wildman–Crippen LogP) is 4.10. The van der Waals surface area contributed by atoms with Gasteiger partial charge in [-0.15, -0.1) is 0 Å². The van der Waals surface area contributed by atoms with Gasteiger partial charge in [-0.3, -0.25) is 14.2 Å². The SMILES string of the molecule is CCC[C@@H](C)NC(=O)CSc1nc2cc(Cl)ccc2c(=O)n1CC(C)C. The average Bonchev–Trinajstić information content (AvgIpc) is 2.55. The molecule has 0 spiro atoms. The standard InChI is InChI=1S/C19H26ClN3O2S/c1-5-6-13(4)21-17(24)11-26-19-22-16-9-14(20)7-8-15(16)18(25)23(19)10-12(2)3/h7-9,12-13H,5-6,10-11H2,1-4H3,(H,21,24)/t13-/m1/s1. The van der Waals surface area contributed by atoms with Crippen LogP contribution in [-0.2, 0) is 11.3 Å². The largest absolute Gasteiger partial charge is 0.353 e. The first-order chi connectivity index (χ1) is 12.3. The summed E-state index contributed by atoms with van der Waals surface area (Å²) in [7, 11) is 0. The van der Waals surface area contributed by atoms with Crippen molar-refractivity contribution in [2.45, 2.75) is 58.3 Å². The number of aromatic nitrogens is 2. The van der Waals surface area contributed by atoms with Crippen LogP contribution < -0.4 is 10.9 Å². The highest BCUT2D eigenvalue weighted by Crippen LogP contribution is 2.21. The van der Waals surface area contributed by atoms with Crippen LogP contribution in [0.1, 0.15) is 40.5 Å². The number of hydrogen-bond acceptors (Lipinski definition) is 4. The van der Waals surface area contributed by atoms with E-state index in [1.165, 1.54) is 11.8 Å². The summed E-state index contributed by atoms with van der Waals surface area (Å²) in [5.74, 6) is 0.467. The zero-order valence-corrected chi connectivity index (χ0v) is 17.3. The molecule has 0 bridgehead atoms. The van der Waals surface area contributed by atoms with Gasteiger partial charge in [0.05, 0.1) is 16.7 Å². The van der Waals surface area contributed by atoms with Crippen LogP contribution in [0.5, 0.6) is 0 Å². The number of carbonyl (C=O) groups excluding carboxylic acids is 1. The number of thioether (sulfide) groups is 1. The van der Waals surface area contributed by atoms with Gasteiger partial charge in [-0.1, -0.05) is 50.6 Å². The van der Waals surface area contributed by atoms with E-state index in [9.17, 15) is 9.59 Å². The van der Waals surface area contributed by atoms with Gasteiger partial charge < -0.3 is 5.32 Å². The van der Waals surface area contributed by atoms with Crippen molar-refractivity contribution in [3.63, 3.8) is 0 Å². The zero-order chi connectivity index (χ0) is 19.3. The lowest BCUT2D eigenvalue weighted by atomic mass is 10.2. The van der Waals surface area contributed by atoms with Crippen molar-refractivity contribution in [3.05, 3.63) is 33.6 Å². The van der Waals surface area contributed by atoms with E-state index in [1.807, 2.05) is 20.8 Å². The van der Waals surface area contributed by atoms with E-state index in [1.54, 1.807) is 22.8 Å². The summed E-state index contributed by atoms with van der Waals surface area (Å²) >= 11 is 7.33. The van der Waals surface area contributed by atoms with Crippen molar-refractivity contribution in [1.82, 2.24) is 14.9 Å². The lowest BCUT2D eigenvalue weighted by molar-refractivity contribution is -0.119. The minimum atomic E-state index is -0.0948. The van der Waals surface area contributed by atoms with E-state index >= 15 is 0 Å². The predicted molar refractivity (Wildman–Crippen MR) is 109 cm³/mol. The summed E-state index contributed by atoms with van der Waals surface area (Å²) in [6.07, 6.45) is 1.97.